The largest absolute Gasteiger partial charge is 0.467 e. The molecule has 0 aromatic carbocycles. The van der Waals surface area contributed by atoms with Crippen molar-refractivity contribution in [2.24, 2.45) is 5.10 Å². The first-order chi connectivity index (χ1) is 11.5. The Bertz CT molecular complexity index is 919. The minimum absolute atomic E-state index is 0.211. The summed E-state index contributed by atoms with van der Waals surface area (Å²) in [5.41, 5.74) is 6.36. The van der Waals surface area contributed by atoms with Gasteiger partial charge in [-0.15, -0.1) is 0 Å². The molecule has 0 fully saturated rings. The SMILES string of the molecule is Cc1cc(=O)[nH]c(N/N=C\c2cc(C)n(Cc3ccco3)c2C)n1. The summed E-state index contributed by atoms with van der Waals surface area (Å²) in [6.45, 7) is 6.51. The summed E-state index contributed by atoms with van der Waals surface area (Å²) in [5, 5.41) is 4.16. The van der Waals surface area contributed by atoms with Gasteiger partial charge < -0.3 is 8.98 Å². The highest BCUT2D eigenvalue weighted by atomic mass is 16.3. The second-order valence-corrected chi connectivity index (χ2v) is 5.60. The third-order valence-electron chi connectivity index (χ3n) is 3.75. The lowest BCUT2D eigenvalue weighted by Crippen LogP contribution is -2.10. The zero-order chi connectivity index (χ0) is 17.1. The van der Waals surface area contributed by atoms with Crippen molar-refractivity contribution in [3.8, 4) is 0 Å². The number of hydrazone groups is 1. The number of hydrogen-bond acceptors (Lipinski definition) is 5. The quantitative estimate of drug-likeness (QED) is 0.557. The van der Waals surface area contributed by atoms with E-state index in [-0.39, 0.29) is 5.56 Å². The molecule has 24 heavy (non-hydrogen) atoms. The van der Waals surface area contributed by atoms with Crippen LogP contribution in [0.3, 0.4) is 0 Å². The molecule has 0 radical (unpaired) electrons. The number of nitrogens with one attached hydrogen (secondary N) is 2. The molecule has 3 heterocycles. The van der Waals surface area contributed by atoms with Gasteiger partial charge in [-0.1, -0.05) is 0 Å². The molecule has 0 spiro atoms. The van der Waals surface area contributed by atoms with E-state index in [2.05, 4.69) is 31.1 Å². The van der Waals surface area contributed by atoms with E-state index in [0.29, 0.717) is 18.2 Å². The molecule has 0 saturated carbocycles. The molecule has 0 bridgehead atoms. The highest BCUT2D eigenvalue weighted by molar-refractivity contribution is 5.82. The summed E-state index contributed by atoms with van der Waals surface area (Å²) >= 11 is 0. The number of aromatic nitrogens is 3. The summed E-state index contributed by atoms with van der Waals surface area (Å²) in [6, 6.07) is 7.31. The monoisotopic (exact) mass is 325 g/mol. The molecule has 0 aliphatic carbocycles. The van der Waals surface area contributed by atoms with Crippen LogP contribution in [0.25, 0.3) is 0 Å². The van der Waals surface area contributed by atoms with Crippen LogP contribution < -0.4 is 11.0 Å². The van der Waals surface area contributed by atoms with E-state index >= 15 is 0 Å². The van der Waals surface area contributed by atoms with Crippen molar-refractivity contribution in [1.29, 1.82) is 0 Å². The van der Waals surface area contributed by atoms with Gasteiger partial charge in [-0.2, -0.15) is 5.10 Å². The van der Waals surface area contributed by atoms with Crippen LogP contribution in [0.15, 0.2) is 44.8 Å². The summed E-state index contributed by atoms with van der Waals surface area (Å²) in [5.74, 6) is 1.22. The zero-order valence-corrected chi connectivity index (χ0v) is 13.8. The zero-order valence-electron chi connectivity index (χ0n) is 13.8. The second kappa shape index (κ2) is 6.57. The lowest BCUT2D eigenvalue weighted by molar-refractivity contribution is 0.489. The molecule has 7 heteroatoms. The number of anilines is 1. The Kier molecular flexibility index (Phi) is 4.33. The van der Waals surface area contributed by atoms with Crippen molar-refractivity contribution in [3.05, 3.63) is 69.3 Å². The van der Waals surface area contributed by atoms with Gasteiger partial charge in [-0.25, -0.2) is 10.4 Å². The minimum Gasteiger partial charge on any atom is -0.467 e. The van der Waals surface area contributed by atoms with Crippen LogP contribution in [-0.4, -0.2) is 20.7 Å². The third kappa shape index (κ3) is 3.45. The minimum atomic E-state index is -0.211. The number of hydrogen-bond donors (Lipinski definition) is 2. The van der Waals surface area contributed by atoms with E-state index in [4.69, 9.17) is 4.42 Å². The predicted molar refractivity (Wildman–Crippen MR) is 92.5 cm³/mol. The van der Waals surface area contributed by atoms with Gasteiger partial charge in [0.25, 0.3) is 5.56 Å². The molecular weight excluding hydrogens is 306 g/mol. The summed E-state index contributed by atoms with van der Waals surface area (Å²) in [7, 11) is 0. The maximum Gasteiger partial charge on any atom is 0.252 e. The average molecular weight is 325 g/mol. The Balaban J connectivity index is 1.76. The fourth-order valence-electron chi connectivity index (χ4n) is 2.56. The fraction of sp³-hybridized carbons (Fsp3) is 0.235. The van der Waals surface area contributed by atoms with Crippen LogP contribution in [0.2, 0.25) is 0 Å². The van der Waals surface area contributed by atoms with Gasteiger partial charge in [-0.05, 0) is 39.0 Å². The van der Waals surface area contributed by atoms with Crippen molar-refractivity contribution in [1.82, 2.24) is 14.5 Å². The molecule has 3 aromatic rings. The number of furan rings is 1. The number of H-pyrrole nitrogens is 1. The van der Waals surface area contributed by atoms with E-state index in [0.717, 1.165) is 22.7 Å². The summed E-state index contributed by atoms with van der Waals surface area (Å²) in [6.07, 6.45) is 3.38. The first-order valence-corrected chi connectivity index (χ1v) is 7.59. The van der Waals surface area contributed by atoms with Crippen LogP contribution in [0.4, 0.5) is 5.95 Å². The number of aromatic amines is 1. The lowest BCUT2D eigenvalue weighted by atomic mass is 10.3. The highest BCUT2D eigenvalue weighted by Crippen LogP contribution is 2.16. The molecule has 124 valence electrons. The Morgan fingerprint density at radius 2 is 2.21 bits per heavy atom. The maximum absolute atomic E-state index is 11.4. The second-order valence-electron chi connectivity index (χ2n) is 5.60. The van der Waals surface area contributed by atoms with Crippen molar-refractivity contribution < 1.29 is 4.42 Å². The molecule has 0 unspecified atom stereocenters. The molecule has 0 atom stereocenters. The molecule has 3 aromatic heterocycles. The topological polar surface area (TPSA) is 88.2 Å². The number of aryl methyl sites for hydroxylation is 2. The third-order valence-corrected chi connectivity index (χ3v) is 3.75. The molecular formula is C17H19N5O2. The fourth-order valence-corrected chi connectivity index (χ4v) is 2.56. The van der Waals surface area contributed by atoms with Crippen molar-refractivity contribution in [2.45, 2.75) is 27.3 Å². The normalized spacial score (nSPS) is 11.3. The predicted octanol–water partition coefficient (Wildman–Crippen LogP) is 2.58. The average Bonchev–Trinajstić information content (AvgIpc) is 3.11. The van der Waals surface area contributed by atoms with Crippen LogP contribution in [0, 0.1) is 20.8 Å². The Labute approximate surface area is 139 Å². The first-order valence-electron chi connectivity index (χ1n) is 7.59. The first kappa shape index (κ1) is 15.8. The van der Waals surface area contributed by atoms with Crippen molar-refractivity contribution >= 4 is 12.2 Å². The van der Waals surface area contributed by atoms with Gasteiger partial charge in [0.05, 0.1) is 19.0 Å². The maximum atomic E-state index is 11.4. The summed E-state index contributed by atoms with van der Waals surface area (Å²) < 4.78 is 7.57. The number of nitrogens with zero attached hydrogens (tertiary/aromatic N) is 3. The molecule has 2 N–H and O–H groups in total. The van der Waals surface area contributed by atoms with Crippen molar-refractivity contribution in [2.75, 3.05) is 5.43 Å². The van der Waals surface area contributed by atoms with Gasteiger partial charge in [-0.3, -0.25) is 9.78 Å². The molecule has 0 saturated heterocycles. The van der Waals surface area contributed by atoms with E-state index in [9.17, 15) is 4.79 Å². The van der Waals surface area contributed by atoms with Crippen LogP contribution in [-0.2, 0) is 6.54 Å². The Hall–Kier alpha value is -3.09. The molecule has 3 rings (SSSR count). The van der Waals surface area contributed by atoms with Crippen LogP contribution in [0.5, 0.6) is 0 Å². The van der Waals surface area contributed by atoms with E-state index in [1.165, 1.54) is 6.07 Å². The van der Waals surface area contributed by atoms with Crippen LogP contribution >= 0.6 is 0 Å². The smallest absolute Gasteiger partial charge is 0.252 e. The van der Waals surface area contributed by atoms with Gasteiger partial charge >= 0.3 is 0 Å². The van der Waals surface area contributed by atoms with Gasteiger partial charge in [0, 0.05) is 28.7 Å². The molecule has 7 nitrogen and oxygen atoms in total. The van der Waals surface area contributed by atoms with E-state index in [1.807, 2.05) is 26.0 Å². The van der Waals surface area contributed by atoms with E-state index in [1.54, 1.807) is 19.4 Å². The van der Waals surface area contributed by atoms with Crippen molar-refractivity contribution in [3.63, 3.8) is 0 Å². The highest BCUT2D eigenvalue weighted by Gasteiger charge is 2.09. The Morgan fingerprint density at radius 3 is 2.92 bits per heavy atom. The molecule has 0 aliphatic heterocycles. The van der Waals surface area contributed by atoms with Gasteiger partial charge in [0.1, 0.15) is 5.76 Å². The molecule has 0 amide bonds. The van der Waals surface area contributed by atoms with Crippen LogP contribution in [0.1, 0.15) is 28.4 Å². The lowest BCUT2D eigenvalue weighted by Gasteiger charge is -2.07. The van der Waals surface area contributed by atoms with E-state index < -0.39 is 0 Å². The Morgan fingerprint density at radius 1 is 1.38 bits per heavy atom. The molecule has 0 aliphatic rings. The van der Waals surface area contributed by atoms with Gasteiger partial charge in [0.2, 0.25) is 5.95 Å². The van der Waals surface area contributed by atoms with Gasteiger partial charge in [0.15, 0.2) is 0 Å². The number of rotatable bonds is 5. The standard InChI is InChI=1S/C17H19N5O2/c1-11-7-16(23)20-17(19-11)21-18-9-14-8-12(2)22(13(14)3)10-15-5-4-6-24-15/h4-9H,10H2,1-3H3,(H2,19,20,21,23)/b18-9-. The summed E-state index contributed by atoms with van der Waals surface area (Å²) in [4.78, 5) is 18.1.